The molecule has 0 aliphatic rings. The van der Waals surface area contributed by atoms with E-state index in [1.54, 1.807) is 20.8 Å². The van der Waals surface area contributed by atoms with Crippen molar-refractivity contribution in [3.63, 3.8) is 0 Å². The maximum atomic E-state index is 13.8. The van der Waals surface area contributed by atoms with Crippen LogP contribution in [0, 0.1) is 12.9 Å². The lowest BCUT2D eigenvalue weighted by Crippen LogP contribution is -2.28. The van der Waals surface area contributed by atoms with Gasteiger partial charge in [-0.05, 0) is 62.9 Å². The molecule has 0 radical (unpaired) electrons. The molecule has 0 aliphatic carbocycles. The van der Waals surface area contributed by atoms with E-state index in [2.05, 4.69) is 30.9 Å². The van der Waals surface area contributed by atoms with E-state index in [0.29, 0.717) is 21.9 Å². The molecule has 166 valence electrons. The molecule has 0 saturated heterocycles. The Bertz CT molecular complexity index is 1140. The first-order valence-corrected chi connectivity index (χ1v) is 10.3. The minimum absolute atomic E-state index is 0.0593. The highest BCUT2D eigenvalue weighted by atomic mass is 35.5. The first-order chi connectivity index (χ1) is 14.3. The zero-order valence-electron chi connectivity index (χ0n) is 18.8. The number of carbonyl (C=O) groups is 1. The topological polar surface area (TPSA) is 66.2 Å². The van der Waals surface area contributed by atoms with Gasteiger partial charge in [-0.3, -0.25) is 0 Å². The lowest BCUT2D eigenvalue weighted by Gasteiger charge is -2.23. The molecular weight excluding hydrogens is 421 g/mol. The summed E-state index contributed by atoms with van der Waals surface area (Å²) in [7, 11) is 0. The van der Waals surface area contributed by atoms with Crippen molar-refractivity contribution < 1.29 is 18.7 Å². The van der Waals surface area contributed by atoms with Gasteiger partial charge in [0.05, 0.1) is 0 Å². The Balaban J connectivity index is 2.00. The van der Waals surface area contributed by atoms with Crippen LogP contribution in [-0.4, -0.2) is 26.5 Å². The third kappa shape index (κ3) is 5.15. The summed E-state index contributed by atoms with van der Waals surface area (Å²) >= 11 is 6.33. The summed E-state index contributed by atoms with van der Waals surface area (Å²) in [5.74, 6) is -0.0440. The SMILES string of the molecule is Cc1cc(OCc2nn(C(=O)OC(C)(C)C)c3nc(F)ccc23)c(C(C)(C)C)cc1Cl. The van der Waals surface area contributed by atoms with E-state index in [1.807, 2.05) is 19.1 Å². The van der Waals surface area contributed by atoms with Crippen molar-refractivity contribution in [3.8, 4) is 5.75 Å². The van der Waals surface area contributed by atoms with Crippen molar-refractivity contribution in [2.75, 3.05) is 0 Å². The van der Waals surface area contributed by atoms with Crippen molar-refractivity contribution in [2.24, 2.45) is 0 Å². The number of benzene rings is 1. The summed E-state index contributed by atoms with van der Waals surface area (Å²) < 4.78 is 26.3. The van der Waals surface area contributed by atoms with Crippen molar-refractivity contribution in [3.05, 3.63) is 52.1 Å². The second-order valence-corrected chi connectivity index (χ2v) is 9.89. The molecule has 0 unspecified atom stereocenters. The lowest BCUT2D eigenvalue weighted by atomic mass is 9.86. The molecule has 8 heteroatoms. The van der Waals surface area contributed by atoms with Crippen LogP contribution in [0.15, 0.2) is 24.3 Å². The summed E-state index contributed by atoms with van der Waals surface area (Å²) in [5, 5.41) is 5.50. The van der Waals surface area contributed by atoms with E-state index in [-0.39, 0.29) is 17.7 Å². The number of pyridine rings is 1. The van der Waals surface area contributed by atoms with Gasteiger partial charge in [0, 0.05) is 16.0 Å². The van der Waals surface area contributed by atoms with Gasteiger partial charge >= 0.3 is 6.09 Å². The zero-order chi connectivity index (χ0) is 23.1. The van der Waals surface area contributed by atoms with Crippen LogP contribution in [0.5, 0.6) is 5.75 Å². The van der Waals surface area contributed by atoms with Gasteiger partial charge < -0.3 is 9.47 Å². The highest BCUT2D eigenvalue weighted by Crippen LogP contribution is 2.36. The molecule has 0 atom stereocenters. The highest BCUT2D eigenvalue weighted by molar-refractivity contribution is 6.31. The second kappa shape index (κ2) is 8.11. The Morgan fingerprint density at radius 1 is 1.16 bits per heavy atom. The fourth-order valence-electron chi connectivity index (χ4n) is 3.08. The smallest absolute Gasteiger partial charge is 0.437 e. The number of hydrogen-bond acceptors (Lipinski definition) is 5. The summed E-state index contributed by atoms with van der Waals surface area (Å²) in [6.07, 6.45) is -0.737. The first-order valence-electron chi connectivity index (χ1n) is 9.97. The van der Waals surface area contributed by atoms with E-state index in [4.69, 9.17) is 21.1 Å². The molecule has 0 amide bonds. The van der Waals surface area contributed by atoms with Gasteiger partial charge in [0.1, 0.15) is 23.7 Å². The monoisotopic (exact) mass is 447 g/mol. The van der Waals surface area contributed by atoms with Gasteiger partial charge in [-0.1, -0.05) is 32.4 Å². The van der Waals surface area contributed by atoms with E-state index >= 15 is 0 Å². The fourth-order valence-corrected chi connectivity index (χ4v) is 3.24. The first kappa shape index (κ1) is 23.0. The molecule has 3 rings (SSSR count). The van der Waals surface area contributed by atoms with Gasteiger partial charge in [0.25, 0.3) is 0 Å². The molecule has 0 spiro atoms. The van der Waals surface area contributed by atoms with Crippen LogP contribution in [-0.2, 0) is 16.8 Å². The van der Waals surface area contributed by atoms with Crippen LogP contribution >= 0.6 is 11.6 Å². The summed E-state index contributed by atoms with van der Waals surface area (Å²) in [5.41, 5.74) is 1.43. The van der Waals surface area contributed by atoms with Crippen LogP contribution < -0.4 is 4.74 Å². The minimum Gasteiger partial charge on any atom is -0.487 e. The Morgan fingerprint density at radius 3 is 2.45 bits per heavy atom. The molecule has 2 aromatic heterocycles. The molecule has 0 N–H and O–H groups in total. The number of hydrogen-bond donors (Lipinski definition) is 0. The van der Waals surface area contributed by atoms with Crippen molar-refractivity contribution in [2.45, 2.75) is 66.1 Å². The van der Waals surface area contributed by atoms with Crippen LogP contribution in [0.1, 0.15) is 58.4 Å². The average Bonchev–Trinajstić information content (AvgIpc) is 2.98. The number of fused-ring (bicyclic) bond motifs is 1. The van der Waals surface area contributed by atoms with E-state index in [0.717, 1.165) is 15.8 Å². The number of carbonyl (C=O) groups excluding carboxylic acids is 1. The van der Waals surface area contributed by atoms with E-state index in [9.17, 15) is 9.18 Å². The molecule has 31 heavy (non-hydrogen) atoms. The van der Waals surface area contributed by atoms with Crippen LogP contribution in [0.3, 0.4) is 0 Å². The molecule has 6 nitrogen and oxygen atoms in total. The van der Waals surface area contributed by atoms with Crippen molar-refractivity contribution >= 4 is 28.7 Å². The maximum absolute atomic E-state index is 13.8. The van der Waals surface area contributed by atoms with Gasteiger partial charge in [0.15, 0.2) is 5.65 Å². The van der Waals surface area contributed by atoms with Crippen LogP contribution in [0.25, 0.3) is 11.0 Å². The third-order valence-electron chi connectivity index (χ3n) is 4.57. The lowest BCUT2D eigenvalue weighted by molar-refractivity contribution is 0.0520. The predicted molar refractivity (Wildman–Crippen MR) is 118 cm³/mol. The highest BCUT2D eigenvalue weighted by Gasteiger charge is 2.25. The molecule has 0 fully saturated rings. The van der Waals surface area contributed by atoms with Crippen molar-refractivity contribution in [1.29, 1.82) is 0 Å². The second-order valence-electron chi connectivity index (χ2n) is 9.48. The molecule has 0 aliphatic heterocycles. The molecular formula is C23H27ClFN3O3. The van der Waals surface area contributed by atoms with Crippen molar-refractivity contribution in [1.82, 2.24) is 14.8 Å². The summed E-state index contributed by atoms with van der Waals surface area (Å²) in [4.78, 5) is 16.4. The standard InChI is InChI=1S/C23H27ClFN3O3/c1-13-10-18(15(11-16(13)24)22(2,3)4)30-12-17-14-8-9-19(25)26-20(14)28(27-17)21(29)31-23(5,6)7/h8-11H,12H2,1-7H3. The Hall–Kier alpha value is -2.67. The number of rotatable bonds is 3. The normalized spacial score (nSPS) is 12.3. The Labute approximate surface area is 186 Å². The number of nitrogens with zero attached hydrogens (tertiary/aromatic N) is 3. The van der Waals surface area contributed by atoms with Gasteiger partial charge in [-0.15, -0.1) is 4.68 Å². The summed E-state index contributed by atoms with van der Waals surface area (Å²) in [6, 6.07) is 6.54. The van der Waals surface area contributed by atoms with Crippen LogP contribution in [0.2, 0.25) is 5.02 Å². The predicted octanol–water partition coefficient (Wildman–Crippen LogP) is 6.19. The molecule has 0 bridgehead atoms. The fraction of sp³-hybridized carbons (Fsp3) is 0.435. The average molecular weight is 448 g/mol. The number of aromatic nitrogens is 3. The van der Waals surface area contributed by atoms with E-state index < -0.39 is 17.6 Å². The molecule has 3 aromatic rings. The quantitative estimate of drug-likeness (QED) is 0.447. The number of aryl methyl sites for hydroxylation is 1. The Kier molecular flexibility index (Phi) is 6.02. The third-order valence-corrected chi connectivity index (χ3v) is 4.98. The van der Waals surface area contributed by atoms with Gasteiger partial charge in [-0.2, -0.15) is 14.5 Å². The van der Waals surface area contributed by atoms with E-state index in [1.165, 1.54) is 12.1 Å². The maximum Gasteiger partial charge on any atom is 0.437 e. The zero-order valence-corrected chi connectivity index (χ0v) is 19.6. The van der Waals surface area contributed by atoms with Gasteiger partial charge in [0.2, 0.25) is 5.95 Å². The molecule has 2 heterocycles. The van der Waals surface area contributed by atoms with Gasteiger partial charge in [-0.25, -0.2) is 4.79 Å². The minimum atomic E-state index is -0.737. The molecule has 0 saturated carbocycles. The van der Waals surface area contributed by atoms with Crippen LogP contribution in [0.4, 0.5) is 9.18 Å². The largest absolute Gasteiger partial charge is 0.487 e. The number of ether oxygens (including phenoxy) is 2. The summed E-state index contributed by atoms with van der Waals surface area (Å²) in [6.45, 7) is 13.4. The Morgan fingerprint density at radius 2 is 1.84 bits per heavy atom. The molecule has 1 aromatic carbocycles. The number of halogens is 2.